The van der Waals surface area contributed by atoms with Crippen LogP contribution in [-0.2, 0) is 6.54 Å². The quantitative estimate of drug-likeness (QED) is 0.612. The van der Waals surface area contributed by atoms with Gasteiger partial charge in [-0.3, -0.25) is 0 Å². The minimum absolute atomic E-state index is 0.0799. The summed E-state index contributed by atoms with van der Waals surface area (Å²) < 4.78 is 2.59. The number of benzene rings is 1. The van der Waals surface area contributed by atoms with E-state index in [1.165, 1.54) is 6.33 Å². The molecule has 0 unspecified atom stereocenters. The van der Waals surface area contributed by atoms with E-state index in [2.05, 4.69) is 41.5 Å². The zero-order valence-corrected chi connectivity index (χ0v) is 14.8. The van der Waals surface area contributed by atoms with Gasteiger partial charge in [-0.05, 0) is 30.5 Å². The highest BCUT2D eigenvalue weighted by Gasteiger charge is 2.37. The van der Waals surface area contributed by atoms with E-state index in [-0.39, 0.29) is 12.1 Å². The van der Waals surface area contributed by atoms with Crippen LogP contribution in [0.3, 0.4) is 0 Å². The maximum Gasteiger partial charge on any atom is 0.184 e. The Morgan fingerprint density at radius 2 is 2.04 bits per heavy atom. The lowest BCUT2D eigenvalue weighted by molar-refractivity contribution is 0.0843. The van der Waals surface area contributed by atoms with Crippen molar-refractivity contribution in [2.45, 2.75) is 31.5 Å². The van der Waals surface area contributed by atoms with E-state index in [0.29, 0.717) is 36.4 Å². The molecule has 2 heterocycles. The Kier molecular flexibility index (Phi) is 4.36. The number of nitrogens with one attached hydrogen (secondary N) is 1. The normalized spacial score (nSPS) is 21.1. The molecule has 0 saturated heterocycles. The van der Waals surface area contributed by atoms with Crippen LogP contribution in [0.25, 0.3) is 11.2 Å². The second-order valence-corrected chi connectivity index (χ2v) is 6.87. The van der Waals surface area contributed by atoms with Gasteiger partial charge in [-0.1, -0.05) is 33.3 Å². The monoisotopic (exact) mass is 403 g/mol. The third-order valence-electron chi connectivity index (χ3n) is 4.35. The highest BCUT2D eigenvalue weighted by atomic mass is 79.9. The molecule has 9 heteroatoms. The van der Waals surface area contributed by atoms with Crippen molar-refractivity contribution < 1.29 is 10.2 Å². The fourth-order valence-corrected chi connectivity index (χ4v) is 3.25. The summed E-state index contributed by atoms with van der Waals surface area (Å²) >= 11 is 3.42. The van der Waals surface area contributed by atoms with Gasteiger partial charge >= 0.3 is 0 Å². The number of nitrogens with zero attached hydrogens (tertiary/aromatic N) is 5. The van der Waals surface area contributed by atoms with Gasteiger partial charge in [0.05, 0.1) is 6.04 Å². The van der Waals surface area contributed by atoms with Crippen molar-refractivity contribution in [2.24, 2.45) is 0 Å². The van der Waals surface area contributed by atoms with Crippen LogP contribution in [0.1, 0.15) is 24.4 Å². The molecule has 25 heavy (non-hydrogen) atoms. The van der Waals surface area contributed by atoms with Crippen LogP contribution in [-0.4, -0.2) is 41.3 Å². The first-order valence-electron chi connectivity index (χ1n) is 7.90. The first-order valence-corrected chi connectivity index (χ1v) is 8.70. The number of anilines is 1. The molecule has 1 aromatic carbocycles. The van der Waals surface area contributed by atoms with Gasteiger partial charge < -0.3 is 15.5 Å². The van der Waals surface area contributed by atoms with Gasteiger partial charge in [-0.15, -0.1) is 5.10 Å². The van der Waals surface area contributed by atoms with Crippen molar-refractivity contribution in [3.8, 4) is 0 Å². The molecule has 0 aliphatic heterocycles. The summed E-state index contributed by atoms with van der Waals surface area (Å²) in [4.78, 5) is 8.50. The topological polar surface area (TPSA) is 109 Å². The Morgan fingerprint density at radius 3 is 2.76 bits per heavy atom. The van der Waals surface area contributed by atoms with E-state index < -0.39 is 6.10 Å². The molecule has 3 aromatic rings. The molecule has 0 spiro atoms. The summed E-state index contributed by atoms with van der Waals surface area (Å²) in [7, 11) is 0. The molecule has 3 N–H and O–H groups in total. The molecule has 1 fully saturated rings. The molecule has 1 saturated carbocycles. The van der Waals surface area contributed by atoms with Crippen molar-refractivity contribution in [1.82, 2.24) is 25.0 Å². The Bertz CT molecular complexity index is 884. The smallest absolute Gasteiger partial charge is 0.184 e. The van der Waals surface area contributed by atoms with Gasteiger partial charge in [-0.25, -0.2) is 14.6 Å². The molecule has 0 amide bonds. The molecule has 0 bridgehead atoms. The molecule has 1 radical (unpaired) electrons. The van der Waals surface area contributed by atoms with Crippen LogP contribution in [0.4, 0.5) is 5.82 Å². The molecule has 4 rings (SSSR count). The molecule has 129 valence electrons. The Labute approximate surface area is 152 Å². The number of aromatic nitrogens is 5. The number of halogens is 1. The molecular weight excluding hydrogens is 388 g/mol. The molecular formula is C16H16BrN6O2. The lowest BCUT2D eigenvalue weighted by Crippen LogP contribution is -2.23. The molecule has 2 atom stereocenters. The first-order chi connectivity index (χ1) is 12.1. The molecule has 1 aliphatic rings. The summed E-state index contributed by atoms with van der Waals surface area (Å²) in [5.41, 5.74) is 2.18. The van der Waals surface area contributed by atoms with Crippen LogP contribution in [0.15, 0.2) is 35.1 Å². The van der Waals surface area contributed by atoms with Crippen LogP contribution in [0, 0.1) is 6.10 Å². The van der Waals surface area contributed by atoms with Crippen LogP contribution in [0.5, 0.6) is 0 Å². The predicted molar refractivity (Wildman–Crippen MR) is 94.0 cm³/mol. The SMILES string of the molecule is O[C]1CC[C@H](n2nnc3c(NCc4ccc(Br)cc4)ncnc32)[C@H]1O. The Hall–Kier alpha value is -2.10. The maximum atomic E-state index is 10.1. The molecule has 8 nitrogen and oxygen atoms in total. The Balaban J connectivity index is 1.59. The standard InChI is InChI=1S/C16H16BrN6O2/c17-10-3-1-9(2-4-10)7-18-15-13-16(20-8-19-15)23(22-21-13)11-5-6-12(24)14(11)25/h1-4,8,11,14,24-25H,5-7H2,(H,18,19,20)/t11-,14+/m0/s1. The third-order valence-corrected chi connectivity index (χ3v) is 4.88. The molecule has 1 aliphatic carbocycles. The summed E-state index contributed by atoms with van der Waals surface area (Å²) in [6.07, 6.45) is 1.62. The fourth-order valence-electron chi connectivity index (χ4n) is 2.98. The van der Waals surface area contributed by atoms with E-state index in [1.54, 1.807) is 4.68 Å². The zero-order chi connectivity index (χ0) is 17.4. The third kappa shape index (κ3) is 3.10. The number of hydrogen-bond acceptors (Lipinski definition) is 7. The average Bonchev–Trinajstić information content (AvgIpc) is 3.19. The van der Waals surface area contributed by atoms with Crippen molar-refractivity contribution in [2.75, 3.05) is 5.32 Å². The van der Waals surface area contributed by atoms with E-state index in [0.717, 1.165) is 10.0 Å². The largest absolute Gasteiger partial charge is 0.388 e. The van der Waals surface area contributed by atoms with E-state index in [4.69, 9.17) is 0 Å². The Morgan fingerprint density at radius 1 is 1.24 bits per heavy atom. The van der Waals surface area contributed by atoms with Gasteiger partial charge in [0.15, 0.2) is 17.0 Å². The second-order valence-electron chi connectivity index (χ2n) is 5.95. The summed E-state index contributed by atoms with van der Waals surface area (Å²) in [6, 6.07) is 7.62. The number of fused-ring (bicyclic) bond motifs is 1. The van der Waals surface area contributed by atoms with Gasteiger partial charge in [0.1, 0.15) is 18.5 Å². The summed E-state index contributed by atoms with van der Waals surface area (Å²) in [5, 5.41) is 31.3. The highest BCUT2D eigenvalue weighted by molar-refractivity contribution is 9.10. The van der Waals surface area contributed by atoms with Gasteiger partial charge in [0.25, 0.3) is 0 Å². The lowest BCUT2D eigenvalue weighted by atomic mass is 10.2. The minimum Gasteiger partial charge on any atom is -0.388 e. The fraction of sp³-hybridized carbons (Fsp3) is 0.312. The number of aliphatic hydroxyl groups excluding tert-OH is 2. The van der Waals surface area contributed by atoms with E-state index in [9.17, 15) is 10.2 Å². The van der Waals surface area contributed by atoms with E-state index in [1.807, 2.05) is 24.3 Å². The van der Waals surface area contributed by atoms with Crippen molar-refractivity contribution >= 4 is 32.9 Å². The second kappa shape index (κ2) is 6.66. The number of rotatable bonds is 4. The predicted octanol–water partition coefficient (Wildman–Crippen LogP) is 2.20. The van der Waals surface area contributed by atoms with Gasteiger partial charge in [0, 0.05) is 11.0 Å². The first kappa shape index (κ1) is 16.4. The van der Waals surface area contributed by atoms with Crippen molar-refractivity contribution in [3.63, 3.8) is 0 Å². The van der Waals surface area contributed by atoms with Gasteiger partial charge in [-0.2, -0.15) is 0 Å². The summed E-state index contributed by atoms with van der Waals surface area (Å²) in [5.74, 6) is 0.583. The van der Waals surface area contributed by atoms with Crippen molar-refractivity contribution in [3.05, 3.63) is 46.7 Å². The number of aliphatic hydroxyl groups is 2. The van der Waals surface area contributed by atoms with Crippen LogP contribution < -0.4 is 5.32 Å². The maximum absolute atomic E-state index is 10.1. The average molecular weight is 404 g/mol. The zero-order valence-electron chi connectivity index (χ0n) is 13.2. The lowest BCUT2D eigenvalue weighted by Gasteiger charge is -2.15. The highest BCUT2D eigenvalue weighted by Crippen LogP contribution is 2.35. The van der Waals surface area contributed by atoms with Crippen molar-refractivity contribution in [1.29, 1.82) is 0 Å². The molecule has 2 aromatic heterocycles. The summed E-state index contributed by atoms with van der Waals surface area (Å²) in [6.45, 7) is 0.590. The number of hydrogen-bond donors (Lipinski definition) is 3. The van der Waals surface area contributed by atoms with Gasteiger partial charge in [0.2, 0.25) is 0 Å². The minimum atomic E-state index is -0.945. The van der Waals surface area contributed by atoms with E-state index >= 15 is 0 Å². The van der Waals surface area contributed by atoms with Crippen LogP contribution >= 0.6 is 15.9 Å². The van der Waals surface area contributed by atoms with Crippen LogP contribution in [0.2, 0.25) is 0 Å².